The van der Waals surface area contributed by atoms with Crippen LogP contribution in [0.2, 0.25) is 0 Å². The van der Waals surface area contributed by atoms with E-state index in [1.165, 1.54) is 7.11 Å². The van der Waals surface area contributed by atoms with Crippen LogP contribution in [0.1, 0.15) is 38.1 Å². The first-order valence-corrected chi connectivity index (χ1v) is 7.38. The first-order chi connectivity index (χ1) is 10.2. The Morgan fingerprint density at radius 1 is 1.36 bits per heavy atom. The number of esters is 1. The Morgan fingerprint density at radius 2 is 2.00 bits per heavy atom. The van der Waals surface area contributed by atoms with Crippen LogP contribution < -0.4 is 10.6 Å². The van der Waals surface area contributed by atoms with Crippen LogP contribution in [0.4, 0.5) is 5.69 Å². The third-order valence-corrected chi connectivity index (χ3v) is 3.80. The zero-order valence-corrected chi connectivity index (χ0v) is 14.2. The predicted octanol–water partition coefficient (Wildman–Crippen LogP) is 1.30. The van der Waals surface area contributed by atoms with Crippen LogP contribution in [0, 0.1) is 13.8 Å². The highest BCUT2D eigenvalue weighted by atomic mass is 16.5. The second-order valence-electron chi connectivity index (χ2n) is 5.64. The van der Waals surface area contributed by atoms with Crippen LogP contribution in [-0.2, 0) is 21.4 Å². The van der Waals surface area contributed by atoms with Gasteiger partial charge in [-0.15, -0.1) is 0 Å². The van der Waals surface area contributed by atoms with E-state index in [1.807, 2.05) is 27.8 Å². The second-order valence-corrected chi connectivity index (χ2v) is 5.64. The first kappa shape index (κ1) is 18.2. The monoisotopic (exact) mass is 310 g/mol. The third-order valence-electron chi connectivity index (χ3n) is 3.80. The number of aryl methyl sites for hydroxylation is 2. The molecule has 0 aliphatic rings. The Balaban J connectivity index is 2.70. The van der Waals surface area contributed by atoms with Crippen molar-refractivity contribution in [1.82, 2.24) is 15.1 Å². The summed E-state index contributed by atoms with van der Waals surface area (Å²) in [6.07, 6.45) is 1.40. The van der Waals surface area contributed by atoms with Crippen LogP contribution in [0.3, 0.4) is 0 Å². The van der Waals surface area contributed by atoms with E-state index in [9.17, 15) is 9.59 Å². The summed E-state index contributed by atoms with van der Waals surface area (Å²) in [7, 11) is 3.17. The van der Waals surface area contributed by atoms with Crippen molar-refractivity contribution in [2.75, 3.05) is 19.0 Å². The maximum Gasteiger partial charge on any atom is 0.325 e. The number of carbonyl (C=O) groups is 2. The van der Waals surface area contributed by atoms with E-state index in [4.69, 9.17) is 4.74 Å². The number of hydrogen-bond donors (Lipinski definition) is 2. The molecule has 2 N–H and O–H groups in total. The van der Waals surface area contributed by atoms with Gasteiger partial charge in [0.15, 0.2) is 0 Å². The van der Waals surface area contributed by atoms with Crippen molar-refractivity contribution in [3.8, 4) is 0 Å². The van der Waals surface area contributed by atoms with Gasteiger partial charge in [0.05, 0.1) is 30.7 Å². The van der Waals surface area contributed by atoms with Gasteiger partial charge in [-0.1, -0.05) is 13.3 Å². The molecule has 124 valence electrons. The van der Waals surface area contributed by atoms with Gasteiger partial charge in [0.2, 0.25) is 5.91 Å². The molecule has 1 aromatic rings. The van der Waals surface area contributed by atoms with Crippen LogP contribution in [0.5, 0.6) is 0 Å². The van der Waals surface area contributed by atoms with Gasteiger partial charge in [-0.25, -0.2) is 0 Å². The summed E-state index contributed by atoms with van der Waals surface area (Å²) in [6.45, 7) is 7.48. The lowest BCUT2D eigenvalue weighted by Gasteiger charge is -2.27. The predicted molar refractivity (Wildman–Crippen MR) is 84.6 cm³/mol. The summed E-state index contributed by atoms with van der Waals surface area (Å²) >= 11 is 0. The summed E-state index contributed by atoms with van der Waals surface area (Å²) in [4.78, 5) is 24.0. The molecule has 0 saturated heterocycles. The average molecular weight is 310 g/mol. The topological polar surface area (TPSA) is 85.3 Å². The minimum absolute atomic E-state index is 0.0272. The van der Waals surface area contributed by atoms with E-state index in [0.717, 1.165) is 17.8 Å². The van der Waals surface area contributed by atoms with Gasteiger partial charge in [-0.2, -0.15) is 5.10 Å². The van der Waals surface area contributed by atoms with E-state index >= 15 is 0 Å². The molecule has 1 aromatic heterocycles. The van der Waals surface area contributed by atoms with Crippen molar-refractivity contribution < 1.29 is 14.3 Å². The molecule has 0 aromatic carbocycles. The average Bonchev–Trinajstić information content (AvgIpc) is 2.71. The fraction of sp³-hybridized carbons (Fsp3) is 0.667. The van der Waals surface area contributed by atoms with Gasteiger partial charge >= 0.3 is 5.97 Å². The molecule has 0 bridgehead atoms. The highest BCUT2D eigenvalue weighted by Gasteiger charge is 2.33. The maximum absolute atomic E-state index is 12.1. The SMILES string of the molecule is CCCC(C)(NCC(=O)Nc1c(C)nn(C)c1C)C(=O)OC. The smallest absolute Gasteiger partial charge is 0.325 e. The summed E-state index contributed by atoms with van der Waals surface area (Å²) in [6, 6.07) is 0. The maximum atomic E-state index is 12.1. The molecule has 0 fully saturated rings. The van der Waals surface area contributed by atoms with Crippen molar-refractivity contribution in [2.45, 2.75) is 46.1 Å². The van der Waals surface area contributed by atoms with Gasteiger partial charge in [0, 0.05) is 7.05 Å². The molecule has 0 saturated carbocycles. The van der Waals surface area contributed by atoms with E-state index in [2.05, 4.69) is 15.7 Å². The zero-order chi connectivity index (χ0) is 16.9. The molecule has 0 aliphatic heterocycles. The van der Waals surface area contributed by atoms with Crippen molar-refractivity contribution in [3.05, 3.63) is 11.4 Å². The largest absolute Gasteiger partial charge is 0.468 e. The molecule has 1 heterocycles. The van der Waals surface area contributed by atoms with Crippen LogP contribution in [0.15, 0.2) is 0 Å². The Bertz CT molecular complexity index is 553. The van der Waals surface area contributed by atoms with E-state index in [1.54, 1.807) is 11.6 Å². The number of carbonyl (C=O) groups excluding carboxylic acids is 2. The van der Waals surface area contributed by atoms with Gasteiger partial charge < -0.3 is 10.1 Å². The molecular weight excluding hydrogens is 284 g/mol. The molecule has 0 radical (unpaired) electrons. The lowest BCUT2D eigenvalue weighted by atomic mass is 9.96. The van der Waals surface area contributed by atoms with Crippen LogP contribution >= 0.6 is 0 Å². The number of methoxy groups -OCH3 is 1. The summed E-state index contributed by atoms with van der Waals surface area (Å²) < 4.78 is 6.53. The fourth-order valence-corrected chi connectivity index (χ4v) is 2.40. The van der Waals surface area contributed by atoms with Crippen LogP contribution in [-0.4, -0.2) is 40.9 Å². The van der Waals surface area contributed by atoms with Crippen molar-refractivity contribution in [3.63, 3.8) is 0 Å². The molecule has 1 atom stereocenters. The fourth-order valence-electron chi connectivity index (χ4n) is 2.40. The molecule has 0 aliphatic carbocycles. The van der Waals surface area contributed by atoms with E-state index in [-0.39, 0.29) is 18.4 Å². The summed E-state index contributed by atoms with van der Waals surface area (Å²) in [5.74, 6) is -0.582. The molecule has 1 amide bonds. The molecule has 7 heteroatoms. The number of rotatable bonds is 7. The van der Waals surface area contributed by atoms with Gasteiger partial charge in [-0.3, -0.25) is 19.6 Å². The number of nitrogens with zero attached hydrogens (tertiary/aromatic N) is 2. The van der Waals surface area contributed by atoms with E-state index in [0.29, 0.717) is 12.1 Å². The molecule has 7 nitrogen and oxygen atoms in total. The number of hydrogen-bond acceptors (Lipinski definition) is 5. The lowest BCUT2D eigenvalue weighted by Crippen LogP contribution is -2.52. The highest BCUT2D eigenvalue weighted by Crippen LogP contribution is 2.18. The molecule has 1 rings (SSSR count). The number of aromatic nitrogens is 2. The molecule has 1 unspecified atom stereocenters. The minimum atomic E-state index is -0.861. The highest BCUT2D eigenvalue weighted by molar-refractivity contribution is 5.94. The summed E-state index contributed by atoms with van der Waals surface area (Å²) in [5, 5.41) is 10.1. The lowest BCUT2D eigenvalue weighted by molar-refractivity contribution is -0.148. The van der Waals surface area contributed by atoms with Gasteiger partial charge in [0.25, 0.3) is 0 Å². The molecule has 22 heavy (non-hydrogen) atoms. The van der Waals surface area contributed by atoms with Gasteiger partial charge in [0.1, 0.15) is 5.54 Å². The Labute approximate surface area is 131 Å². The molecule has 0 spiro atoms. The number of amides is 1. The number of nitrogens with one attached hydrogen (secondary N) is 2. The standard InChI is InChI=1S/C15H26N4O3/c1-7-8-15(4,14(21)22-6)16-9-12(20)17-13-10(2)18-19(5)11(13)3/h16H,7-9H2,1-6H3,(H,17,20). The zero-order valence-electron chi connectivity index (χ0n) is 14.2. The third kappa shape index (κ3) is 4.07. The quantitative estimate of drug-likeness (QED) is 0.741. The first-order valence-electron chi connectivity index (χ1n) is 7.38. The van der Waals surface area contributed by atoms with E-state index < -0.39 is 5.54 Å². The number of anilines is 1. The Kier molecular flexibility index (Phi) is 6.11. The van der Waals surface area contributed by atoms with Crippen LogP contribution in [0.25, 0.3) is 0 Å². The molecular formula is C15H26N4O3. The minimum Gasteiger partial charge on any atom is -0.468 e. The van der Waals surface area contributed by atoms with Crippen molar-refractivity contribution >= 4 is 17.6 Å². The Morgan fingerprint density at radius 3 is 2.45 bits per heavy atom. The van der Waals surface area contributed by atoms with Crippen molar-refractivity contribution in [1.29, 1.82) is 0 Å². The van der Waals surface area contributed by atoms with Gasteiger partial charge in [-0.05, 0) is 27.2 Å². The Hall–Kier alpha value is -1.89. The normalized spacial score (nSPS) is 13.5. The summed E-state index contributed by atoms with van der Waals surface area (Å²) in [5.41, 5.74) is 1.50. The van der Waals surface area contributed by atoms with Crippen molar-refractivity contribution in [2.24, 2.45) is 7.05 Å². The second kappa shape index (κ2) is 7.40. The number of ether oxygens (including phenoxy) is 1.